The molecule has 1 atom stereocenters. The Hall–Kier alpha value is -0.870. The van der Waals surface area contributed by atoms with Gasteiger partial charge in [0.05, 0.1) is 11.4 Å². The van der Waals surface area contributed by atoms with Gasteiger partial charge in [-0.25, -0.2) is 18.5 Å². The molecule has 0 aliphatic heterocycles. The van der Waals surface area contributed by atoms with Crippen molar-refractivity contribution in [3.8, 4) is 0 Å². The fourth-order valence-corrected chi connectivity index (χ4v) is 4.16. The number of nitrogens with zero attached hydrogens (tertiary/aromatic N) is 1. The maximum atomic E-state index is 11.5. The third-order valence-electron chi connectivity index (χ3n) is 5.11. The number of primary sulfonamides is 1. The quantitative estimate of drug-likeness (QED) is 0.275. The van der Waals surface area contributed by atoms with Crippen molar-refractivity contribution in [2.24, 2.45) is 16.0 Å². The second kappa shape index (κ2) is 12.6. The maximum Gasteiger partial charge on any atom is 0.238 e. The van der Waals surface area contributed by atoms with Crippen LogP contribution >= 0.6 is 24.0 Å². The highest BCUT2D eigenvalue weighted by Gasteiger charge is 2.15. The molecule has 0 aromatic heterocycles. The number of hydrogen-bond donors (Lipinski definition) is 3. The van der Waals surface area contributed by atoms with Gasteiger partial charge in [-0.05, 0) is 50.3 Å². The molecule has 1 aliphatic rings. The SMILES string of the molecule is CCNC(=NCc1cccc(S(N)(=O)=O)c1)NC(C)CCC1CCCCC1.I. The van der Waals surface area contributed by atoms with Crippen molar-refractivity contribution in [3.63, 3.8) is 0 Å². The molecule has 1 aliphatic carbocycles. The van der Waals surface area contributed by atoms with Crippen molar-refractivity contribution in [1.29, 1.82) is 0 Å². The van der Waals surface area contributed by atoms with Gasteiger partial charge in [-0.15, -0.1) is 24.0 Å². The van der Waals surface area contributed by atoms with E-state index in [2.05, 4.69) is 22.5 Å². The van der Waals surface area contributed by atoms with Gasteiger partial charge >= 0.3 is 0 Å². The van der Waals surface area contributed by atoms with E-state index >= 15 is 0 Å². The van der Waals surface area contributed by atoms with Crippen molar-refractivity contribution in [2.45, 2.75) is 76.3 Å². The largest absolute Gasteiger partial charge is 0.357 e. The standard InChI is InChI=1S/C20H34N4O2S.HI/c1-3-22-20(24-16(2)12-13-17-8-5-4-6-9-17)23-15-18-10-7-11-19(14-18)27(21,25)26;/h7,10-11,14,16-17H,3-6,8-9,12-13,15H2,1-2H3,(H2,21,25,26)(H2,22,23,24);1H. The minimum absolute atomic E-state index is 0. The molecular weight excluding hydrogens is 487 g/mol. The number of nitrogens with two attached hydrogens (primary N) is 1. The molecular formula is C20H35IN4O2S. The van der Waals surface area contributed by atoms with Crippen LogP contribution in [0.3, 0.4) is 0 Å². The maximum absolute atomic E-state index is 11.5. The minimum atomic E-state index is -3.69. The molecule has 0 radical (unpaired) electrons. The number of aliphatic imine (C=N–C) groups is 1. The van der Waals surface area contributed by atoms with E-state index < -0.39 is 10.0 Å². The predicted molar refractivity (Wildman–Crippen MR) is 126 cm³/mol. The van der Waals surface area contributed by atoms with Gasteiger partial charge in [-0.2, -0.15) is 0 Å². The van der Waals surface area contributed by atoms with Gasteiger partial charge in [0.15, 0.2) is 5.96 Å². The van der Waals surface area contributed by atoms with Gasteiger partial charge in [-0.1, -0.05) is 44.2 Å². The summed E-state index contributed by atoms with van der Waals surface area (Å²) in [6, 6.07) is 6.97. The summed E-state index contributed by atoms with van der Waals surface area (Å²) in [4.78, 5) is 4.72. The Labute approximate surface area is 187 Å². The normalized spacial score (nSPS) is 16.9. The van der Waals surface area contributed by atoms with Gasteiger partial charge < -0.3 is 10.6 Å². The molecule has 1 aromatic carbocycles. The number of halogens is 1. The first-order valence-corrected chi connectivity index (χ1v) is 11.6. The Bertz CT molecular complexity index is 719. The molecule has 0 heterocycles. The van der Waals surface area contributed by atoms with Crippen LogP contribution < -0.4 is 15.8 Å². The first-order valence-electron chi connectivity index (χ1n) is 10.0. The van der Waals surface area contributed by atoms with Crippen LogP contribution in [0, 0.1) is 5.92 Å². The topological polar surface area (TPSA) is 96.6 Å². The molecule has 0 bridgehead atoms. The lowest BCUT2D eigenvalue weighted by molar-refractivity contribution is 0.322. The number of benzene rings is 1. The van der Waals surface area contributed by atoms with Crippen LogP contribution in [-0.2, 0) is 16.6 Å². The molecule has 1 aromatic rings. The molecule has 1 fully saturated rings. The van der Waals surface area contributed by atoms with E-state index in [9.17, 15) is 8.42 Å². The van der Waals surface area contributed by atoms with Crippen LogP contribution in [0.5, 0.6) is 0 Å². The molecule has 160 valence electrons. The third kappa shape index (κ3) is 9.09. The average Bonchev–Trinajstić information content (AvgIpc) is 2.65. The predicted octanol–water partition coefficient (Wildman–Crippen LogP) is 3.76. The molecule has 6 nitrogen and oxygen atoms in total. The zero-order valence-corrected chi connectivity index (χ0v) is 20.1. The lowest BCUT2D eigenvalue weighted by Crippen LogP contribution is -2.42. The van der Waals surface area contributed by atoms with Crippen LogP contribution in [0.4, 0.5) is 0 Å². The van der Waals surface area contributed by atoms with Gasteiger partial charge in [0.25, 0.3) is 0 Å². The molecule has 2 rings (SSSR count). The number of nitrogens with one attached hydrogen (secondary N) is 2. The van der Waals surface area contributed by atoms with Crippen molar-refractivity contribution >= 4 is 40.0 Å². The summed E-state index contributed by atoms with van der Waals surface area (Å²) in [6.07, 6.45) is 9.32. The van der Waals surface area contributed by atoms with Gasteiger partial charge in [0.1, 0.15) is 0 Å². The molecule has 0 saturated heterocycles. The second-order valence-corrected chi connectivity index (χ2v) is 9.08. The van der Waals surface area contributed by atoms with Crippen molar-refractivity contribution < 1.29 is 8.42 Å². The Balaban J connectivity index is 0.00000392. The van der Waals surface area contributed by atoms with E-state index in [4.69, 9.17) is 5.14 Å². The van der Waals surface area contributed by atoms with Crippen LogP contribution in [0.15, 0.2) is 34.2 Å². The van der Waals surface area contributed by atoms with Crippen molar-refractivity contribution in [2.75, 3.05) is 6.54 Å². The van der Waals surface area contributed by atoms with E-state index in [1.54, 1.807) is 12.1 Å². The number of sulfonamides is 1. The van der Waals surface area contributed by atoms with E-state index in [0.717, 1.165) is 30.4 Å². The van der Waals surface area contributed by atoms with Crippen LogP contribution in [0.25, 0.3) is 0 Å². The Morgan fingerprint density at radius 3 is 2.64 bits per heavy atom. The molecule has 8 heteroatoms. The summed E-state index contributed by atoms with van der Waals surface area (Å²) in [5.41, 5.74) is 0.814. The van der Waals surface area contributed by atoms with E-state index in [-0.39, 0.29) is 28.9 Å². The van der Waals surface area contributed by atoms with Gasteiger partial charge in [-0.3, -0.25) is 0 Å². The second-order valence-electron chi connectivity index (χ2n) is 7.51. The Morgan fingerprint density at radius 2 is 2.00 bits per heavy atom. The van der Waals surface area contributed by atoms with Crippen LogP contribution in [0.1, 0.15) is 64.4 Å². The highest BCUT2D eigenvalue weighted by molar-refractivity contribution is 14.0. The van der Waals surface area contributed by atoms with E-state index in [1.165, 1.54) is 44.6 Å². The van der Waals surface area contributed by atoms with Crippen molar-refractivity contribution in [3.05, 3.63) is 29.8 Å². The zero-order chi connectivity index (χ0) is 19.7. The van der Waals surface area contributed by atoms with E-state index in [0.29, 0.717) is 12.6 Å². The zero-order valence-electron chi connectivity index (χ0n) is 17.0. The number of hydrogen-bond acceptors (Lipinski definition) is 3. The molecule has 4 N–H and O–H groups in total. The van der Waals surface area contributed by atoms with Gasteiger partial charge in [0, 0.05) is 12.6 Å². The summed E-state index contributed by atoms with van der Waals surface area (Å²) in [5, 5.41) is 11.9. The number of rotatable bonds is 8. The molecule has 28 heavy (non-hydrogen) atoms. The van der Waals surface area contributed by atoms with Crippen molar-refractivity contribution in [1.82, 2.24) is 10.6 Å². The molecule has 0 amide bonds. The summed E-state index contributed by atoms with van der Waals surface area (Å²) < 4.78 is 23.0. The summed E-state index contributed by atoms with van der Waals surface area (Å²) in [5.74, 6) is 1.64. The molecule has 1 unspecified atom stereocenters. The smallest absolute Gasteiger partial charge is 0.238 e. The van der Waals surface area contributed by atoms with Crippen LogP contribution in [-0.4, -0.2) is 27.0 Å². The minimum Gasteiger partial charge on any atom is -0.357 e. The molecule has 0 spiro atoms. The highest BCUT2D eigenvalue weighted by Crippen LogP contribution is 2.27. The fraction of sp³-hybridized carbons (Fsp3) is 0.650. The first kappa shape index (κ1) is 25.2. The van der Waals surface area contributed by atoms with E-state index in [1.807, 2.05) is 13.0 Å². The summed E-state index contributed by atoms with van der Waals surface area (Å²) in [6.45, 7) is 5.40. The fourth-order valence-electron chi connectivity index (χ4n) is 3.58. The Kier molecular flexibility index (Phi) is 11.4. The first-order chi connectivity index (χ1) is 12.9. The number of guanidine groups is 1. The average molecular weight is 522 g/mol. The lowest BCUT2D eigenvalue weighted by Gasteiger charge is -2.24. The Morgan fingerprint density at radius 1 is 1.29 bits per heavy atom. The lowest BCUT2D eigenvalue weighted by atomic mass is 9.85. The summed E-state index contributed by atoms with van der Waals surface area (Å²) in [7, 11) is -3.69. The third-order valence-corrected chi connectivity index (χ3v) is 6.02. The molecule has 1 saturated carbocycles. The van der Waals surface area contributed by atoms with Gasteiger partial charge in [0.2, 0.25) is 10.0 Å². The van der Waals surface area contributed by atoms with Crippen LogP contribution in [0.2, 0.25) is 0 Å². The highest BCUT2D eigenvalue weighted by atomic mass is 127. The monoisotopic (exact) mass is 522 g/mol. The summed E-state index contributed by atoms with van der Waals surface area (Å²) >= 11 is 0.